The number of likely N-dealkylation sites (tertiary alicyclic amines) is 2. The molecule has 10 rings (SSSR count). The number of pyridine rings is 4. The van der Waals surface area contributed by atoms with Crippen LogP contribution in [-0.4, -0.2) is 63.4 Å². The highest BCUT2D eigenvalue weighted by Gasteiger charge is 2.43. The van der Waals surface area contributed by atoms with Gasteiger partial charge in [0.1, 0.15) is 7.05 Å². The number of piperidine rings is 2. The Hall–Kier alpha value is -4.12. The third-order valence-electron chi connectivity index (χ3n) is 14.6. The van der Waals surface area contributed by atoms with Crippen molar-refractivity contribution in [1.82, 2.24) is 9.80 Å². The Labute approximate surface area is 451 Å². The second-order valence-electron chi connectivity index (χ2n) is 18.9. The molecule has 6 aromatic rings. The molecule has 17 heteroatoms. The minimum Gasteiger partial charge on any atom is -0.342 e. The molecule has 2 unspecified atom stereocenters. The summed E-state index contributed by atoms with van der Waals surface area (Å²) in [4.78, 5) is 29.9. The molecular formula is C53H54Br4Cl2N6O5+4. The van der Waals surface area contributed by atoms with Crippen molar-refractivity contribution in [2.24, 2.45) is 18.9 Å². The van der Waals surface area contributed by atoms with Gasteiger partial charge >= 0.3 is 0 Å². The number of aryl methyl sites for hydroxylation is 4. The van der Waals surface area contributed by atoms with E-state index in [0.717, 1.165) is 121 Å². The van der Waals surface area contributed by atoms with Crippen LogP contribution in [0.5, 0.6) is 0 Å². The van der Waals surface area contributed by atoms with E-state index in [2.05, 4.69) is 88.0 Å². The zero-order valence-corrected chi connectivity index (χ0v) is 46.4. The number of nitrogens with zero attached hydrogens (tertiary/aromatic N) is 6. The molecule has 4 aromatic heterocycles. The third kappa shape index (κ3) is 11.1. The summed E-state index contributed by atoms with van der Waals surface area (Å²) in [5.41, 5.74) is 10.9. The summed E-state index contributed by atoms with van der Waals surface area (Å²) in [6, 6.07) is 19.8. The minimum atomic E-state index is 0.000502. The van der Waals surface area contributed by atoms with Crippen molar-refractivity contribution in [3.63, 3.8) is 0 Å². The zero-order chi connectivity index (χ0) is 49.4. The van der Waals surface area contributed by atoms with Crippen LogP contribution in [0.2, 0.25) is 10.0 Å². The van der Waals surface area contributed by atoms with E-state index in [1.165, 1.54) is 44.1 Å². The molecule has 2 aliphatic carbocycles. The summed E-state index contributed by atoms with van der Waals surface area (Å²) in [6.07, 6.45) is 18.0. The highest BCUT2D eigenvalue weighted by Crippen LogP contribution is 2.47. The summed E-state index contributed by atoms with van der Waals surface area (Å²) >= 11 is 27.5. The van der Waals surface area contributed by atoms with Crippen molar-refractivity contribution in [2.75, 3.05) is 26.2 Å². The fourth-order valence-electron chi connectivity index (χ4n) is 11.2. The Morgan fingerprint density at radius 1 is 0.629 bits per heavy atom. The highest BCUT2D eigenvalue weighted by molar-refractivity contribution is 9.11. The molecule has 364 valence electrons. The maximum atomic E-state index is 13.0. The quantitative estimate of drug-likeness (QED) is 0.114. The van der Waals surface area contributed by atoms with E-state index in [4.69, 9.17) is 23.2 Å². The van der Waals surface area contributed by atoms with Gasteiger partial charge in [0.15, 0.2) is 12.4 Å². The first-order valence-electron chi connectivity index (χ1n) is 23.6. The van der Waals surface area contributed by atoms with Gasteiger partial charge in [-0.05, 0) is 175 Å². The number of carbonyl (C=O) groups excluding carboxylic acids is 2. The van der Waals surface area contributed by atoms with Crippen molar-refractivity contribution in [3.8, 4) is 0 Å². The normalized spacial score (nSPS) is 18.0. The van der Waals surface area contributed by atoms with Gasteiger partial charge in [-0.3, -0.25) is 25.2 Å². The number of fused-ring (bicyclic) bond motifs is 4. The zero-order valence-electron chi connectivity index (χ0n) is 38.6. The molecule has 4 aliphatic rings. The van der Waals surface area contributed by atoms with E-state index in [1.807, 2.05) is 58.1 Å². The van der Waals surface area contributed by atoms with Crippen LogP contribution in [0.4, 0.5) is 0 Å². The highest BCUT2D eigenvalue weighted by atomic mass is 79.9. The van der Waals surface area contributed by atoms with Crippen LogP contribution in [-0.2, 0) is 55.2 Å². The van der Waals surface area contributed by atoms with Crippen molar-refractivity contribution in [1.29, 1.82) is 0 Å². The van der Waals surface area contributed by atoms with Gasteiger partial charge in [-0.15, -0.1) is 0 Å². The number of carbonyl (C=O) groups is 2. The molecule has 2 aromatic carbocycles. The number of halogens is 6. The predicted molar refractivity (Wildman–Crippen MR) is 277 cm³/mol. The lowest BCUT2D eigenvalue weighted by Crippen LogP contribution is -2.44. The fourth-order valence-corrected chi connectivity index (χ4v) is 14.0. The first kappa shape index (κ1) is 50.8. The van der Waals surface area contributed by atoms with E-state index in [-0.39, 0.29) is 29.6 Å². The predicted octanol–water partition coefficient (Wildman–Crippen LogP) is 9.55. The van der Waals surface area contributed by atoms with Crippen LogP contribution in [0.1, 0.15) is 93.4 Å². The van der Waals surface area contributed by atoms with Crippen molar-refractivity contribution < 1.29 is 44.0 Å². The molecule has 0 spiro atoms. The molecule has 0 radical (unpaired) electrons. The van der Waals surface area contributed by atoms with E-state index >= 15 is 0 Å². The number of hydrogen-bond acceptors (Lipinski definition) is 5. The van der Waals surface area contributed by atoms with Crippen LogP contribution in [0, 0.1) is 11.8 Å². The fraction of sp³-hybridized carbons (Fsp3) is 0.358. The van der Waals surface area contributed by atoms with Crippen LogP contribution in [0.25, 0.3) is 0 Å². The second kappa shape index (κ2) is 21.9. The topological polar surface area (TPSA) is 117 Å². The number of aromatic nitrogens is 4. The average molecular weight is 1250 g/mol. The number of amides is 2. The molecule has 70 heavy (non-hydrogen) atoms. The largest absolute Gasteiger partial charge is 0.342 e. The summed E-state index contributed by atoms with van der Waals surface area (Å²) in [5, 5.41) is 32.9. The number of hydrogen-bond donors (Lipinski definition) is 3. The Morgan fingerprint density at radius 2 is 1.11 bits per heavy atom. The van der Waals surface area contributed by atoms with Crippen molar-refractivity contribution in [3.05, 3.63) is 182 Å². The van der Waals surface area contributed by atoms with Gasteiger partial charge in [-0.1, -0.05) is 45.2 Å². The Balaban J connectivity index is 0.000000174. The van der Waals surface area contributed by atoms with E-state index in [1.54, 1.807) is 24.5 Å². The van der Waals surface area contributed by atoms with E-state index in [9.17, 15) is 25.2 Å². The van der Waals surface area contributed by atoms with Gasteiger partial charge in [0.05, 0.1) is 38.6 Å². The van der Waals surface area contributed by atoms with Gasteiger partial charge < -0.3 is 9.80 Å². The lowest BCUT2D eigenvalue weighted by Gasteiger charge is -2.36. The number of rotatable bonds is 6. The Morgan fingerprint density at radius 3 is 1.67 bits per heavy atom. The molecule has 0 saturated carbocycles. The van der Waals surface area contributed by atoms with E-state index < -0.39 is 0 Å². The van der Waals surface area contributed by atoms with Crippen LogP contribution in [0.15, 0.2) is 116 Å². The summed E-state index contributed by atoms with van der Waals surface area (Å²) in [6.45, 7) is 2.79. The molecule has 11 nitrogen and oxygen atoms in total. The Kier molecular flexibility index (Phi) is 15.9. The maximum Gasteiger partial charge on any atom is 0.245 e. The van der Waals surface area contributed by atoms with Gasteiger partial charge in [0.2, 0.25) is 48.0 Å². The summed E-state index contributed by atoms with van der Waals surface area (Å²) in [7, 11) is 1.97. The monoisotopic (exact) mass is 1240 g/mol. The summed E-state index contributed by atoms with van der Waals surface area (Å²) < 4.78 is 9.13. The minimum absolute atomic E-state index is 0.000502. The molecule has 2 atom stereocenters. The maximum absolute atomic E-state index is 13.0. The van der Waals surface area contributed by atoms with Crippen LogP contribution < -0.4 is 18.8 Å². The van der Waals surface area contributed by atoms with Gasteiger partial charge in [0, 0.05) is 89.7 Å². The lowest BCUT2D eigenvalue weighted by molar-refractivity contribution is -0.911. The van der Waals surface area contributed by atoms with Gasteiger partial charge in [-0.25, -0.2) is 4.57 Å². The molecule has 6 heterocycles. The lowest BCUT2D eigenvalue weighted by atomic mass is 9.76. The molecule has 2 saturated heterocycles. The molecule has 2 fully saturated rings. The smallest absolute Gasteiger partial charge is 0.245 e. The number of benzene rings is 2. The third-order valence-corrected chi connectivity index (χ3v) is 17.8. The molecule has 2 amide bonds. The first-order chi connectivity index (χ1) is 33.6. The van der Waals surface area contributed by atoms with Crippen LogP contribution >= 0.6 is 86.9 Å². The van der Waals surface area contributed by atoms with Crippen molar-refractivity contribution >= 4 is 98.7 Å². The summed E-state index contributed by atoms with van der Waals surface area (Å²) in [5.74, 6) is 0.846. The molecule has 0 bridgehead atoms. The first-order valence-corrected chi connectivity index (χ1v) is 27.5. The van der Waals surface area contributed by atoms with Gasteiger partial charge in [0.25, 0.3) is 0 Å². The van der Waals surface area contributed by atoms with E-state index in [0.29, 0.717) is 41.9 Å². The Bertz CT molecular complexity index is 2890. The van der Waals surface area contributed by atoms with Gasteiger partial charge in [-0.2, -0.15) is 0 Å². The van der Waals surface area contributed by atoms with Crippen molar-refractivity contribution in [2.45, 2.75) is 76.0 Å². The SMILES string of the molecule is C[n+]1ccc(CC(=O)N2CCC(C3c4c(Br)cc(Cl)cc4CCc4cc(Br)c[n+](O)c43)CC2)cc1.O=C(Cc1cc[n+](O)cc1)N1CCC(C2c3ccc(Cl)c(Br)c3CCc3cc(Br)c[n+](O)c32)CC1. The molecular weight excluding hydrogens is 1190 g/mol. The standard InChI is InChI=1S/C27H28Br2ClN3O2.C26H26Br2ClN3O3/c1-31-8-4-17(5-9-31)12-24(34)32-10-6-18(7-11-32)26-25-19(14-22(30)15-23(25)29)2-3-20-13-21(28)16-33(35)27(20)26;27-19-14-18-1-2-21-20(3-4-22(29)25(21)28)24(26(18)32(35)15-19)17-7-9-30(10-8-17)23(33)13-16-5-11-31(34)12-6-16/h4-5,8-9,13-16,18,26,35H,2-3,6-7,10-12H2,1H3;3-6,11-12,14-15,17,24,34-35H,1-2,7-10,13H2/q2*+2. The van der Waals surface area contributed by atoms with Crippen LogP contribution in [0.3, 0.4) is 0 Å². The molecule has 2 aliphatic heterocycles. The molecule has 3 N–H and O–H groups in total. The average Bonchev–Trinajstić information content (AvgIpc) is 3.61. The second-order valence-corrected chi connectivity index (χ2v) is 23.2.